The van der Waals surface area contributed by atoms with E-state index in [4.69, 9.17) is 4.74 Å². The minimum atomic E-state index is -0.629. The fourth-order valence-corrected chi connectivity index (χ4v) is 4.79. The average molecular weight is 358 g/mol. The Bertz CT molecular complexity index is 727. The number of imidazole rings is 1. The minimum absolute atomic E-state index is 0.0534. The first-order chi connectivity index (χ1) is 12.5. The number of hydrogen-bond donors (Lipinski definition) is 1. The highest BCUT2D eigenvalue weighted by atomic mass is 16.5. The molecule has 0 aliphatic carbocycles. The number of nitrogens with one attached hydrogen (secondary N) is 1. The van der Waals surface area contributed by atoms with Crippen LogP contribution in [0.2, 0.25) is 0 Å². The fourth-order valence-electron chi connectivity index (χ4n) is 4.79. The molecule has 3 aliphatic rings. The molecule has 140 valence electrons. The maximum Gasteiger partial charge on any atom is 0.230 e. The van der Waals surface area contributed by atoms with Gasteiger partial charge in [-0.15, -0.1) is 0 Å². The molecule has 0 aromatic carbocycles. The van der Waals surface area contributed by atoms with Crippen molar-refractivity contribution in [2.24, 2.45) is 11.8 Å². The van der Waals surface area contributed by atoms with Crippen molar-refractivity contribution in [3.63, 3.8) is 0 Å². The summed E-state index contributed by atoms with van der Waals surface area (Å²) in [5.41, 5.74) is -0.629. The second-order valence-electron chi connectivity index (χ2n) is 7.57. The van der Waals surface area contributed by atoms with Crippen molar-refractivity contribution in [1.29, 1.82) is 0 Å². The molecule has 0 saturated carbocycles. The van der Waals surface area contributed by atoms with Crippen molar-refractivity contribution in [1.82, 2.24) is 19.8 Å². The smallest absolute Gasteiger partial charge is 0.230 e. The molecule has 1 aromatic heterocycles. The van der Waals surface area contributed by atoms with Crippen LogP contribution in [0, 0.1) is 11.8 Å². The summed E-state index contributed by atoms with van der Waals surface area (Å²) in [5, 5.41) is 0. The van der Waals surface area contributed by atoms with Gasteiger partial charge in [0, 0.05) is 25.5 Å². The minimum Gasteiger partial charge on any atom is -0.360 e. The lowest BCUT2D eigenvalue weighted by atomic mass is 9.76. The molecule has 2 fully saturated rings. The van der Waals surface area contributed by atoms with Gasteiger partial charge in [0.25, 0.3) is 0 Å². The largest absolute Gasteiger partial charge is 0.360 e. The van der Waals surface area contributed by atoms with E-state index in [1.54, 1.807) is 24.3 Å². The molecule has 4 rings (SSSR count). The van der Waals surface area contributed by atoms with Crippen molar-refractivity contribution < 1.29 is 14.3 Å². The van der Waals surface area contributed by atoms with E-state index in [2.05, 4.69) is 23.8 Å². The molecule has 2 saturated heterocycles. The average Bonchev–Trinajstić information content (AvgIpc) is 3.38. The lowest BCUT2D eigenvalue weighted by Gasteiger charge is -2.29. The number of carbonyl (C=O) groups is 2. The van der Waals surface area contributed by atoms with Gasteiger partial charge in [0.2, 0.25) is 11.8 Å². The predicted octanol–water partition coefficient (Wildman–Crippen LogP) is 1.34. The normalized spacial score (nSPS) is 31.9. The Morgan fingerprint density at radius 2 is 2.27 bits per heavy atom. The summed E-state index contributed by atoms with van der Waals surface area (Å²) in [5.74, 6) is -0.124. The van der Waals surface area contributed by atoms with Gasteiger partial charge < -0.3 is 19.5 Å². The molecule has 26 heavy (non-hydrogen) atoms. The molecular weight excluding hydrogens is 332 g/mol. The molecule has 7 heteroatoms. The van der Waals surface area contributed by atoms with Gasteiger partial charge in [0.1, 0.15) is 11.4 Å². The first-order valence-corrected chi connectivity index (χ1v) is 9.41. The van der Waals surface area contributed by atoms with Gasteiger partial charge in [-0.2, -0.15) is 0 Å². The van der Waals surface area contributed by atoms with E-state index in [1.807, 2.05) is 17.1 Å². The van der Waals surface area contributed by atoms with Crippen molar-refractivity contribution in [3.05, 3.63) is 30.4 Å². The number of likely N-dealkylation sites (tertiary alicyclic amines) is 1. The first kappa shape index (κ1) is 17.3. The Labute approximate surface area is 153 Å². The van der Waals surface area contributed by atoms with E-state index in [-0.39, 0.29) is 24.0 Å². The van der Waals surface area contributed by atoms with Crippen LogP contribution in [0.5, 0.6) is 0 Å². The molecule has 0 unspecified atom stereocenters. The van der Waals surface area contributed by atoms with Crippen LogP contribution < -0.4 is 0 Å². The number of nitrogens with zero attached hydrogens (tertiary/aromatic N) is 3. The summed E-state index contributed by atoms with van der Waals surface area (Å²) in [4.78, 5) is 37.1. The van der Waals surface area contributed by atoms with Crippen LogP contribution in [0.4, 0.5) is 0 Å². The quantitative estimate of drug-likeness (QED) is 0.779. The third kappa shape index (κ3) is 2.40. The molecule has 1 spiro atoms. The first-order valence-electron chi connectivity index (χ1n) is 9.41. The van der Waals surface area contributed by atoms with Crippen molar-refractivity contribution in [2.45, 2.75) is 51.0 Å². The third-order valence-corrected chi connectivity index (χ3v) is 6.12. The number of fused-ring (bicyclic) bond motifs is 1. The van der Waals surface area contributed by atoms with Crippen molar-refractivity contribution in [3.8, 4) is 0 Å². The summed E-state index contributed by atoms with van der Waals surface area (Å²) < 4.78 is 6.20. The van der Waals surface area contributed by atoms with Crippen LogP contribution in [0.25, 0.3) is 0 Å². The maximum absolute atomic E-state index is 13.2. The van der Waals surface area contributed by atoms with Crippen molar-refractivity contribution >= 4 is 11.8 Å². The standard InChI is InChI=1S/C19H26N4O3/c1-4-12(5-2)23-11-19-7-6-13(26-19)15(16(19)18(23)25)17(24)22(3)10-14-20-8-9-21-14/h6-9,12-13,15-16H,4-5,10-11H2,1-3H3,(H,20,21)/t13-,15-,16-,19-/m0/s1. The van der Waals surface area contributed by atoms with Gasteiger partial charge in [-0.05, 0) is 12.8 Å². The highest BCUT2D eigenvalue weighted by molar-refractivity contribution is 5.93. The molecule has 4 atom stereocenters. The Hall–Kier alpha value is -2.15. The summed E-state index contributed by atoms with van der Waals surface area (Å²) in [6.45, 7) is 5.15. The van der Waals surface area contributed by atoms with Crippen LogP contribution in [0.3, 0.4) is 0 Å². The van der Waals surface area contributed by atoms with Crippen LogP contribution in [0.1, 0.15) is 32.5 Å². The second-order valence-corrected chi connectivity index (χ2v) is 7.57. The lowest BCUT2D eigenvalue weighted by Crippen LogP contribution is -2.45. The highest BCUT2D eigenvalue weighted by Gasteiger charge is 2.67. The number of carbonyl (C=O) groups excluding carboxylic acids is 2. The van der Waals surface area contributed by atoms with Crippen LogP contribution in [0.15, 0.2) is 24.5 Å². The van der Waals surface area contributed by atoms with Gasteiger partial charge in [0.15, 0.2) is 0 Å². The highest BCUT2D eigenvalue weighted by Crippen LogP contribution is 2.52. The zero-order valence-electron chi connectivity index (χ0n) is 15.5. The summed E-state index contributed by atoms with van der Waals surface area (Å²) in [7, 11) is 1.76. The molecule has 1 aromatic rings. The second kappa shape index (κ2) is 6.23. The number of aromatic amines is 1. The van der Waals surface area contributed by atoms with Crippen LogP contribution in [-0.2, 0) is 20.9 Å². The Balaban J connectivity index is 1.57. The van der Waals surface area contributed by atoms with E-state index in [1.165, 1.54) is 0 Å². The van der Waals surface area contributed by atoms with Crippen molar-refractivity contribution in [2.75, 3.05) is 13.6 Å². The van der Waals surface area contributed by atoms with Crippen LogP contribution in [-0.4, -0.2) is 62.9 Å². The van der Waals surface area contributed by atoms with Gasteiger partial charge >= 0.3 is 0 Å². The maximum atomic E-state index is 13.2. The number of rotatable bonds is 6. The van der Waals surface area contributed by atoms with E-state index < -0.39 is 17.4 Å². The number of hydrogen-bond acceptors (Lipinski definition) is 4. The van der Waals surface area contributed by atoms with Crippen LogP contribution >= 0.6 is 0 Å². The Morgan fingerprint density at radius 3 is 2.92 bits per heavy atom. The van der Waals surface area contributed by atoms with Gasteiger partial charge in [-0.1, -0.05) is 26.0 Å². The SMILES string of the molecule is CCC(CC)N1C[C@]23C=C[C@H](O2)[C@H](C(=O)N(C)Cc2ncc[nH]2)[C@H]3C1=O. The molecule has 7 nitrogen and oxygen atoms in total. The fraction of sp³-hybridized carbons (Fsp3) is 0.632. The summed E-state index contributed by atoms with van der Waals surface area (Å²) in [6, 6.07) is 0.204. The molecule has 2 bridgehead atoms. The Kier molecular flexibility index (Phi) is 4.14. The number of H-pyrrole nitrogens is 1. The zero-order valence-corrected chi connectivity index (χ0v) is 15.5. The molecular formula is C19H26N4O3. The molecule has 3 aliphatic heterocycles. The summed E-state index contributed by atoms with van der Waals surface area (Å²) >= 11 is 0. The van der Waals surface area contributed by atoms with Gasteiger partial charge in [0.05, 0.1) is 31.0 Å². The monoisotopic (exact) mass is 358 g/mol. The third-order valence-electron chi connectivity index (χ3n) is 6.12. The van der Waals surface area contributed by atoms with E-state index in [0.717, 1.165) is 18.7 Å². The van der Waals surface area contributed by atoms with E-state index in [0.29, 0.717) is 13.1 Å². The molecule has 0 radical (unpaired) electrons. The number of aromatic nitrogens is 2. The molecule has 4 heterocycles. The molecule has 2 amide bonds. The topological polar surface area (TPSA) is 78.5 Å². The number of amides is 2. The van der Waals surface area contributed by atoms with Gasteiger partial charge in [-0.3, -0.25) is 9.59 Å². The van der Waals surface area contributed by atoms with E-state index in [9.17, 15) is 9.59 Å². The zero-order chi connectivity index (χ0) is 18.5. The molecule has 1 N–H and O–H groups in total. The predicted molar refractivity (Wildman–Crippen MR) is 94.9 cm³/mol. The summed E-state index contributed by atoms with van der Waals surface area (Å²) in [6.07, 6.45) is 8.90. The lowest BCUT2D eigenvalue weighted by molar-refractivity contribution is -0.143. The van der Waals surface area contributed by atoms with E-state index >= 15 is 0 Å². The van der Waals surface area contributed by atoms with Gasteiger partial charge in [-0.25, -0.2) is 4.98 Å². The Morgan fingerprint density at radius 1 is 1.50 bits per heavy atom. The number of ether oxygens (including phenoxy) is 1.